The Morgan fingerprint density at radius 2 is 1.78 bits per heavy atom. The van der Waals surface area contributed by atoms with Crippen LogP contribution in [0.5, 0.6) is 0 Å². The second-order valence-electron chi connectivity index (χ2n) is 7.16. The number of anilines is 1. The fourth-order valence-corrected chi connectivity index (χ4v) is 4.97. The van der Waals surface area contributed by atoms with E-state index in [-0.39, 0.29) is 12.1 Å². The lowest BCUT2D eigenvalue weighted by Crippen LogP contribution is -2.36. The molecule has 168 valence electrons. The fourth-order valence-electron chi connectivity index (χ4n) is 3.36. The molecule has 8 nitrogen and oxygen atoms in total. The number of nitriles is 1. The van der Waals surface area contributed by atoms with Crippen LogP contribution in [0, 0.1) is 17.1 Å². The first-order valence-corrected chi connectivity index (χ1v) is 11.5. The van der Waals surface area contributed by atoms with E-state index in [4.69, 9.17) is 10.00 Å². The topological polar surface area (TPSA) is 108 Å². The number of piperidine rings is 1. The van der Waals surface area contributed by atoms with Crippen LogP contribution in [0.1, 0.15) is 29.6 Å². The molecule has 0 saturated carbocycles. The number of para-hydroxylation sites is 1. The molecule has 0 bridgehead atoms. The van der Waals surface area contributed by atoms with Crippen LogP contribution in [0.3, 0.4) is 0 Å². The molecular weight excluding hydrogens is 437 g/mol. The van der Waals surface area contributed by atoms with Gasteiger partial charge >= 0.3 is 5.97 Å². The van der Waals surface area contributed by atoms with Gasteiger partial charge in [0.25, 0.3) is 5.91 Å². The highest BCUT2D eigenvalue weighted by Crippen LogP contribution is 2.24. The summed E-state index contributed by atoms with van der Waals surface area (Å²) < 4.78 is 46.2. The molecule has 0 unspecified atom stereocenters. The molecule has 0 atom stereocenters. The summed E-state index contributed by atoms with van der Waals surface area (Å²) in [6.07, 6.45) is 2.28. The molecule has 32 heavy (non-hydrogen) atoms. The van der Waals surface area contributed by atoms with Crippen LogP contribution < -0.4 is 4.90 Å². The van der Waals surface area contributed by atoms with Gasteiger partial charge in [0.15, 0.2) is 6.61 Å². The third kappa shape index (κ3) is 5.30. The monoisotopic (exact) mass is 459 g/mol. The highest BCUT2D eigenvalue weighted by atomic mass is 32.2. The second-order valence-corrected chi connectivity index (χ2v) is 9.07. The number of sulfonamides is 1. The zero-order valence-electron chi connectivity index (χ0n) is 17.2. The normalized spacial score (nSPS) is 14.4. The average molecular weight is 459 g/mol. The predicted molar refractivity (Wildman–Crippen MR) is 114 cm³/mol. The summed E-state index contributed by atoms with van der Waals surface area (Å²) in [7, 11) is -4.10. The van der Waals surface area contributed by atoms with E-state index in [1.165, 1.54) is 4.31 Å². The standard InChI is InChI=1S/C22H22FN3O5S/c23-19-10-9-17(15-20(19)32(29,30)25-12-5-2-6-13-25)22(28)31-16-21(27)26(14-11-24)18-7-3-1-4-8-18/h1,3-4,7-10,15H,2,5-6,12-14,16H2. The van der Waals surface area contributed by atoms with Crippen LogP contribution in [-0.2, 0) is 19.6 Å². The van der Waals surface area contributed by atoms with Crippen molar-refractivity contribution in [2.24, 2.45) is 0 Å². The Balaban J connectivity index is 1.73. The first-order chi connectivity index (χ1) is 15.3. The number of benzene rings is 2. The van der Waals surface area contributed by atoms with Gasteiger partial charge in [0.2, 0.25) is 10.0 Å². The summed E-state index contributed by atoms with van der Waals surface area (Å²) in [5, 5.41) is 8.99. The van der Waals surface area contributed by atoms with E-state index in [9.17, 15) is 22.4 Å². The van der Waals surface area contributed by atoms with Gasteiger partial charge < -0.3 is 4.74 Å². The molecule has 1 amide bonds. The van der Waals surface area contributed by atoms with Crippen LogP contribution in [0.25, 0.3) is 0 Å². The van der Waals surface area contributed by atoms with Crippen LogP contribution in [0.2, 0.25) is 0 Å². The Hall–Kier alpha value is -3.29. The van der Waals surface area contributed by atoms with Crippen molar-refractivity contribution in [3.8, 4) is 6.07 Å². The van der Waals surface area contributed by atoms with E-state index >= 15 is 0 Å². The molecule has 1 saturated heterocycles. The number of esters is 1. The molecule has 2 aromatic rings. The number of carbonyl (C=O) groups excluding carboxylic acids is 2. The first-order valence-electron chi connectivity index (χ1n) is 10.0. The highest BCUT2D eigenvalue weighted by molar-refractivity contribution is 7.89. The molecule has 1 fully saturated rings. The maximum Gasteiger partial charge on any atom is 0.338 e. The maximum atomic E-state index is 14.3. The van der Waals surface area contributed by atoms with E-state index in [1.54, 1.807) is 30.3 Å². The lowest BCUT2D eigenvalue weighted by Gasteiger charge is -2.26. The molecule has 0 spiro atoms. The number of halogens is 1. The summed E-state index contributed by atoms with van der Waals surface area (Å²) in [5.41, 5.74) is 0.271. The van der Waals surface area contributed by atoms with Gasteiger partial charge in [0, 0.05) is 18.8 Å². The van der Waals surface area contributed by atoms with Crippen LogP contribution in [0.15, 0.2) is 53.4 Å². The summed E-state index contributed by atoms with van der Waals surface area (Å²) in [6, 6.07) is 13.2. The van der Waals surface area contributed by atoms with Crippen molar-refractivity contribution in [2.75, 3.05) is 31.1 Å². The van der Waals surface area contributed by atoms with Crippen molar-refractivity contribution in [3.05, 3.63) is 59.9 Å². The summed E-state index contributed by atoms with van der Waals surface area (Å²) in [5.74, 6) is -2.57. The number of carbonyl (C=O) groups is 2. The van der Waals surface area contributed by atoms with Crippen LogP contribution in [-0.4, -0.2) is 50.8 Å². The van der Waals surface area contributed by atoms with Gasteiger partial charge in [-0.1, -0.05) is 24.6 Å². The molecule has 1 heterocycles. The third-order valence-corrected chi connectivity index (χ3v) is 6.94. The Kier molecular flexibility index (Phi) is 7.56. The van der Waals surface area contributed by atoms with E-state index in [1.807, 2.05) is 6.07 Å². The Morgan fingerprint density at radius 1 is 1.09 bits per heavy atom. The van der Waals surface area contributed by atoms with Crippen molar-refractivity contribution in [2.45, 2.75) is 24.2 Å². The molecule has 0 aliphatic carbocycles. The number of hydrogen-bond donors (Lipinski definition) is 0. The molecular formula is C22H22FN3O5S. The van der Waals surface area contributed by atoms with Gasteiger partial charge in [-0.15, -0.1) is 0 Å². The minimum Gasteiger partial charge on any atom is -0.452 e. The average Bonchev–Trinajstić information content (AvgIpc) is 2.82. The molecule has 2 aromatic carbocycles. The van der Waals surface area contributed by atoms with Gasteiger partial charge in [-0.05, 0) is 43.2 Å². The molecule has 0 N–H and O–H groups in total. The Labute approximate surface area is 185 Å². The zero-order chi connectivity index (χ0) is 23.1. The van der Waals surface area contributed by atoms with Gasteiger partial charge in [0.05, 0.1) is 11.6 Å². The van der Waals surface area contributed by atoms with Crippen molar-refractivity contribution < 1.29 is 27.1 Å². The van der Waals surface area contributed by atoms with Gasteiger partial charge in [-0.25, -0.2) is 17.6 Å². The van der Waals surface area contributed by atoms with Crippen LogP contribution >= 0.6 is 0 Å². The van der Waals surface area contributed by atoms with Crippen molar-refractivity contribution in [3.63, 3.8) is 0 Å². The maximum absolute atomic E-state index is 14.3. The Bertz CT molecular complexity index is 1130. The number of rotatable bonds is 7. The largest absolute Gasteiger partial charge is 0.452 e. The molecule has 0 radical (unpaired) electrons. The van der Waals surface area contributed by atoms with Crippen LogP contribution in [0.4, 0.5) is 10.1 Å². The van der Waals surface area contributed by atoms with Crippen molar-refractivity contribution in [1.82, 2.24) is 4.31 Å². The predicted octanol–water partition coefficient (Wildman–Crippen LogP) is 2.71. The molecule has 3 rings (SSSR count). The molecule has 0 aromatic heterocycles. The summed E-state index contributed by atoms with van der Waals surface area (Å²) in [4.78, 5) is 25.5. The van der Waals surface area contributed by atoms with Crippen molar-refractivity contribution >= 4 is 27.6 Å². The number of hydrogen-bond acceptors (Lipinski definition) is 6. The highest BCUT2D eigenvalue weighted by Gasteiger charge is 2.30. The summed E-state index contributed by atoms with van der Waals surface area (Å²) >= 11 is 0. The first kappa shape index (κ1) is 23.4. The third-order valence-electron chi connectivity index (χ3n) is 5.02. The van der Waals surface area contributed by atoms with E-state index in [0.29, 0.717) is 31.6 Å². The number of amides is 1. The fraction of sp³-hybridized carbons (Fsp3) is 0.318. The lowest BCUT2D eigenvalue weighted by molar-refractivity contribution is -0.121. The molecule has 1 aliphatic rings. The number of ether oxygens (including phenoxy) is 1. The smallest absolute Gasteiger partial charge is 0.338 e. The second kappa shape index (κ2) is 10.3. The van der Waals surface area contributed by atoms with Gasteiger partial charge in [-0.2, -0.15) is 9.57 Å². The van der Waals surface area contributed by atoms with E-state index in [0.717, 1.165) is 29.5 Å². The molecule has 10 heteroatoms. The number of nitrogens with zero attached hydrogens (tertiary/aromatic N) is 3. The molecule has 1 aliphatic heterocycles. The van der Waals surface area contributed by atoms with Gasteiger partial charge in [0.1, 0.15) is 17.3 Å². The minimum absolute atomic E-state index is 0.193. The van der Waals surface area contributed by atoms with E-state index in [2.05, 4.69) is 0 Å². The SMILES string of the molecule is N#CCN(C(=O)COC(=O)c1ccc(F)c(S(=O)(=O)N2CCCCC2)c1)c1ccccc1. The quantitative estimate of drug-likeness (QED) is 0.465. The Morgan fingerprint density at radius 3 is 2.44 bits per heavy atom. The summed E-state index contributed by atoms with van der Waals surface area (Å²) in [6.45, 7) is -0.325. The van der Waals surface area contributed by atoms with Crippen molar-refractivity contribution in [1.29, 1.82) is 5.26 Å². The minimum atomic E-state index is -4.10. The zero-order valence-corrected chi connectivity index (χ0v) is 18.1. The lowest BCUT2D eigenvalue weighted by atomic mass is 10.2. The van der Waals surface area contributed by atoms with E-state index < -0.39 is 39.2 Å². The van der Waals surface area contributed by atoms with Gasteiger partial charge in [-0.3, -0.25) is 9.69 Å².